The average Bonchev–Trinajstić information content (AvgIpc) is 2.36. The maximum absolute atomic E-state index is 11.7. The molecule has 5 heteroatoms. The normalized spacial score (nSPS) is 23.1. The molecule has 0 aliphatic carbocycles. The van der Waals surface area contributed by atoms with Crippen molar-refractivity contribution in [2.24, 2.45) is 5.41 Å². The van der Waals surface area contributed by atoms with Gasteiger partial charge in [0.2, 0.25) is 0 Å². The maximum atomic E-state index is 11.7. The number of carbonyl (C=O) groups is 1. The standard InChI is InChI=1S/C15H19NO4/c1-5-8-15(14(2,3)4)11(9-17)6-7-12(10-18)16(15)13(19)20/h5H,1,6-8H2,2-4H3,(H,19,20)/t15-/m1/s1. The van der Waals surface area contributed by atoms with Crippen LogP contribution in [0, 0.1) is 5.41 Å². The number of nitrogens with zero attached hydrogens (tertiary/aromatic N) is 1. The highest BCUT2D eigenvalue weighted by Crippen LogP contribution is 2.50. The van der Waals surface area contributed by atoms with Gasteiger partial charge in [0.25, 0.3) is 0 Å². The van der Waals surface area contributed by atoms with Crippen molar-refractivity contribution in [1.29, 1.82) is 0 Å². The Bertz CT molecular complexity index is 531. The summed E-state index contributed by atoms with van der Waals surface area (Å²) in [7, 11) is 0. The lowest BCUT2D eigenvalue weighted by Gasteiger charge is -2.53. The molecule has 1 saturated heterocycles. The highest BCUT2D eigenvalue weighted by molar-refractivity contribution is 5.77. The summed E-state index contributed by atoms with van der Waals surface area (Å²) in [6.07, 6.45) is 1.01. The minimum absolute atomic E-state index is 0.0493. The first-order chi connectivity index (χ1) is 9.26. The fourth-order valence-corrected chi connectivity index (χ4v) is 2.96. The second-order valence-electron chi connectivity index (χ2n) is 5.85. The van der Waals surface area contributed by atoms with Gasteiger partial charge in [-0.1, -0.05) is 26.8 Å². The minimum atomic E-state index is -1.27. The molecule has 1 heterocycles. The lowest BCUT2D eigenvalue weighted by molar-refractivity contribution is 0.0384. The average molecular weight is 277 g/mol. The van der Waals surface area contributed by atoms with Crippen molar-refractivity contribution < 1.29 is 19.5 Å². The van der Waals surface area contributed by atoms with Crippen LogP contribution in [-0.4, -0.2) is 33.5 Å². The van der Waals surface area contributed by atoms with Crippen LogP contribution in [-0.2, 0) is 9.59 Å². The number of hydrogen-bond donors (Lipinski definition) is 1. The van der Waals surface area contributed by atoms with Crippen molar-refractivity contribution in [2.45, 2.75) is 45.6 Å². The minimum Gasteiger partial charge on any atom is -0.465 e. The van der Waals surface area contributed by atoms with E-state index in [1.807, 2.05) is 26.7 Å². The molecule has 1 aliphatic rings. The van der Waals surface area contributed by atoms with E-state index in [9.17, 15) is 19.5 Å². The van der Waals surface area contributed by atoms with Crippen LogP contribution in [0.2, 0.25) is 0 Å². The molecule has 1 aliphatic heterocycles. The summed E-state index contributed by atoms with van der Waals surface area (Å²) in [4.78, 5) is 35.1. The van der Waals surface area contributed by atoms with E-state index in [-0.39, 0.29) is 18.5 Å². The Labute approximate surface area is 118 Å². The summed E-state index contributed by atoms with van der Waals surface area (Å²) >= 11 is 0. The van der Waals surface area contributed by atoms with Crippen LogP contribution in [0.3, 0.4) is 0 Å². The van der Waals surface area contributed by atoms with E-state index in [1.165, 1.54) is 0 Å². The number of allylic oxidation sites excluding steroid dienone is 1. The molecule has 0 unspecified atom stereocenters. The van der Waals surface area contributed by atoms with Gasteiger partial charge >= 0.3 is 6.09 Å². The fourth-order valence-electron chi connectivity index (χ4n) is 2.96. The van der Waals surface area contributed by atoms with Gasteiger partial charge in [0.1, 0.15) is 17.6 Å². The smallest absolute Gasteiger partial charge is 0.413 e. The molecule has 1 fully saturated rings. The molecule has 0 radical (unpaired) electrons. The Balaban J connectivity index is 3.73. The molecule has 0 aromatic carbocycles. The van der Waals surface area contributed by atoms with Gasteiger partial charge in [-0.3, -0.25) is 4.90 Å². The molecule has 0 saturated carbocycles. The van der Waals surface area contributed by atoms with Crippen molar-refractivity contribution >= 4 is 18.0 Å². The van der Waals surface area contributed by atoms with Gasteiger partial charge in [0, 0.05) is 12.0 Å². The lowest BCUT2D eigenvalue weighted by Crippen LogP contribution is -2.61. The number of hydrogen-bond acceptors (Lipinski definition) is 3. The Kier molecular flexibility index (Phi) is 4.39. The van der Waals surface area contributed by atoms with Gasteiger partial charge in [-0.15, -0.1) is 6.58 Å². The zero-order valence-electron chi connectivity index (χ0n) is 12.0. The van der Waals surface area contributed by atoms with Gasteiger partial charge in [-0.2, -0.15) is 0 Å². The first kappa shape index (κ1) is 16.0. The number of piperidine rings is 1. The van der Waals surface area contributed by atoms with Crippen LogP contribution >= 0.6 is 0 Å². The van der Waals surface area contributed by atoms with Crippen LogP contribution in [0.25, 0.3) is 0 Å². The van der Waals surface area contributed by atoms with Gasteiger partial charge in [-0.25, -0.2) is 14.4 Å². The second-order valence-corrected chi connectivity index (χ2v) is 5.85. The van der Waals surface area contributed by atoms with Crippen molar-refractivity contribution in [3.63, 3.8) is 0 Å². The molecule has 0 aromatic heterocycles. The summed E-state index contributed by atoms with van der Waals surface area (Å²) in [6, 6.07) is 0. The molecule has 1 N–H and O–H groups in total. The number of carbonyl (C=O) groups excluding carboxylic acids is 2. The van der Waals surface area contributed by atoms with E-state index in [4.69, 9.17) is 0 Å². The number of rotatable bonds is 2. The van der Waals surface area contributed by atoms with Crippen LogP contribution in [0.4, 0.5) is 4.79 Å². The summed E-state index contributed by atoms with van der Waals surface area (Å²) in [5.74, 6) is 3.59. The van der Waals surface area contributed by atoms with E-state index in [2.05, 4.69) is 6.58 Å². The Morgan fingerprint density at radius 2 is 2.00 bits per heavy atom. The molecule has 108 valence electrons. The van der Waals surface area contributed by atoms with E-state index in [0.29, 0.717) is 12.0 Å². The van der Waals surface area contributed by atoms with Crippen molar-refractivity contribution in [1.82, 2.24) is 4.90 Å². The number of carboxylic acid groups (broad SMARTS) is 1. The Hall–Kier alpha value is -2.09. The topological polar surface area (TPSA) is 74.7 Å². The molecule has 1 rings (SSSR count). The molecule has 0 bridgehead atoms. The second kappa shape index (κ2) is 5.49. The maximum Gasteiger partial charge on any atom is 0.413 e. The summed E-state index contributed by atoms with van der Waals surface area (Å²) in [5, 5.41) is 9.53. The van der Waals surface area contributed by atoms with Crippen LogP contribution < -0.4 is 0 Å². The van der Waals surface area contributed by atoms with Gasteiger partial charge in [0.15, 0.2) is 0 Å². The lowest BCUT2D eigenvalue weighted by atomic mass is 9.63. The molecule has 1 amide bonds. The van der Waals surface area contributed by atoms with Crippen molar-refractivity contribution in [2.75, 3.05) is 0 Å². The molecular formula is C15H19NO4. The Morgan fingerprint density at radius 3 is 2.35 bits per heavy atom. The number of amides is 1. The third-order valence-electron chi connectivity index (χ3n) is 3.88. The van der Waals surface area contributed by atoms with E-state index < -0.39 is 17.0 Å². The first-order valence-corrected chi connectivity index (χ1v) is 6.38. The van der Waals surface area contributed by atoms with Gasteiger partial charge in [0.05, 0.1) is 5.54 Å². The summed E-state index contributed by atoms with van der Waals surface area (Å²) in [5.41, 5.74) is -1.35. The largest absolute Gasteiger partial charge is 0.465 e. The van der Waals surface area contributed by atoms with Crippen molar-refractivity contribution in [3.05, 3.63) is 23.9 Å². The third kappa shape index (κ3) is 2.22. The van der Waals surface area contributed by atoms with Crippen molar-refractivity contribution in [3.8, 4) is 0 Å². The summed E-state index contributed by atoms with van der Waals surface area (Å²) < 4.78 is 0. The zero-order valence-corrected chi connectivity index (χ0v) is 12.0. The molecule has 5 nitrogen and oxygen atoms in total. The molecular weight excluding hydrogens is 258 g/mol. The molecule has 20 heavy (non-hydrogen) atoms. The molecule has 0 aromatic rings. The summed E-state index contributed by atoms with van der Waals surface area (Å²) in [6.45, 7) is 9.15. The zero-order chi connectivity index (χ0) is 15.6. The predicted octanol–water partition coefficient (Wildman–Crippen LogP) is 2.59. The third-order valence-corrected chi connectivity index (χ3v) is 3.88. The quantitative estimate of drug-likeness (QED) is 0.622. The van der Waals surface area contributed by atoms with E-state index >= 15 is 0 Å². The SMILES string of the molecule is C=CC[C@]1(C(C)(C)C)C(=C=O)CCC(=C=O)N1C(=O)O. The van der Waals surface area contributed by atoms with Crippen LogP contribution in [0.5, 0.6) is 0 Å². The van der Waals surface area contributed by atoms with E-state index in [0.717, 1.165) is 4.90 Å². The van der Waals surface area contributed by atoms with Crippen LogP contribution in [0.15, 0.2) is 23.9 Å². The monoisotopic (exact) mass is 277 g/mol. The van der Waals surface area contributed by atoms with Gasteiger partial charge in [-0.05, 0) is 18.3 Å². The highest BCUT2D eigenvalue weighted by Gasteiger charge is 2.55. The predicted molar refractivity (Wildman–Crippen MR) is 74.5 cm³/mol. The van der Waals surface area contributed by atoms with E-state index in [1.54, 1.807) is 12.0 Å². The van der Waals surface area contributed by atoms with Crippen LogP contribution in [0.1, 0.15) is 40.0 Å². The highest BCUT2D eigenvalue weighted by atomic mass is 16.4. The first-order valence-electron chi connectivity index (χ1n) is 6.38. The number of likely N-dealkylation sites (tertiary alicyclic amines) is 1. The molecule has 0 spiro atoms. The fraction of sp³-hybridized carbons (Fsp3) is 0.533. The Morgan fingerprint density at radius 1 is 1.40 bits per heavy atom. The van der Waals surface area contributed by atoms with Gasteiger partial charge < -0.3 is 5.11 Å². The molecule has 1 atom stereocenters.